The zero-order chi connectivity index (χ0) is 6.57. The van der Waals surface area contributed by atoms with Crippen molar-refractivity contribution in [3.05, 3.63) is 11.9 Å². The summed E-state index contributed by atoms with van der Waals surface area (Å²) >= 11 is 0. The van der Waals surface area contributed by atoms with E-state index >= 15 is 0 Å². The van der Waals surface area contributed by atoms with Crippen LogP contribution in [0.25, 0.3) is 0 Å². The van der Waals surface area contributed by atoms with E-state index in [2.05, 4.69) is 5.73 Å². The standard InChI is InChI=1S/C3H7N3O2/c4-2(6-8)1-3(5)7/h1,6,8H,4H2,(H2,5,7)/b2-1-. The lowest BCUT2D eigenvalue weighted by Crippen LogP contribution is -2.19. The first-order chi connectivity index (χ1) is 3.66. The van der Waals surface area contributed by atoms with E-state index in [9.17, 15) is 4.79 Å². The van der Waals surface area contributed by atoms with Crippen molar-refractivity contribution in [1.82, 2.24) is 5.48 Å². The van der Waals surface area contributed by atoms with Gasteiger partial charge in [0.25, 0.3) is 0 Å². The van der Waals surface area contributed by atoms with Crippen LogP contribution >= 0.6 is 0 Å². The van der Waals surface area contributed by atoms with Crippen molar-refractivity contribution >= 4 is 5.91 Å². The molecule has 1 amide bonds. The quantitative estimate of drug-likeness (QED) is 0.254. The van der Waals surface area contributed by atoms with E-state index < -0.39 is 5.91 Å². The molecule has 0 aliphatic heterocycles. The van der Waals surface area contributed by atoms with Gasteiger partial charge in [0.1, 0.15) is 5.82 Å². The molecule has 46 valence electrons. The molecule has 0 aliphatic rings. The molecule has 8 heavy (non-hydrogen) atoms. The van der Waals surface area contributed by atoms with Gasteiger partial charge < -0.3 is 11.5 Å². The number of nitrogens with one attached hydrogen (secondary N) is 1. The molecule has 6 N–H and O–H groups in total. The summed E-state index contributed by atoms with van der Waals surface area (Å²) in [5, 5.41) is 7.93. The normalized spacial score (nSPS) is 10.9. The van der Waals surface area contributed by atoms with Crippen LogP contribution < -0.4 is 16.9 Å². The summed E-state index contributed by atoms with van der Waals surface area (Å²) in [4.78, 5) is 9.88. The summed E-state index contributed by atoms with van der Waals surface area (Å²) in [6.07, 6.45) is 0.861. The predicted molar refractivity (Wildman–Crippen MR) is 26.4 cm³/mol. The van der Waals surface area contributed by atoms with Crippen LogP contribution in [0, 0.1) is 0 Å². The molecule has 0 saturated heterocycles. The lowest BCUT2D eigenvalue weighted by Gasteiger charge is -1.92. The number of carbonyl (C=O) groups is 1. The Morgan fingerprint density at radius 1 is 1.62 bits per heavy atom. The molecule has 0 unspecified atom stereocenters. The molecule has 5 heteroatoms. The van der Waals surface area contributed by atoms with Crippen LogP contribution in [0.2, 0.25) is 0 Å². The topological polar surface area (TPSA) is 101 Å². The van der Waals surface area contributed by atoms with E-state index in [1.807, 2.05) is 0 Å². The summed E-state index contributed by atoms with van der Waals surface area (Å²) in [6.45, 7) is 0. The van der Waals surface area contributed by atoms with E-state index in [1.54, 1.807) is 0 Å². The number of rotatable bonds is 2. The fourth-order valence-electron chi connectivity index (χ4n) is 0.186. The van der Waals surface area contributed by atoms with E-state index in [0.29, 0.717) is 0 Å². The first kappa shape index (κ1) is 6.77. The van der Waals surface area contributed by atoms with Crippen LogP contribution in [-0.4, -0.2) is 11.1 Å². The van der Waals surface area contributed by atoms with E-state index in [1.165, 1.54) is 5.48 Å². The van der Waals surface area contributed by atoms with Gasteiger partial charge in [-0.05, 0) is 0 Å². The summed E-state index contributed by atoms with van der Waals surface area (Å²) in [7, 11) is 0. The second-order valence-corrected chi connectivity index (χ2v) is 1.11. The largest absolute Gasteiger partial charge is 0.384 e. The molecular weight excluding hydrogens is 110 g/mol. The maximum absolute atomic E-state index is 9.88. The lowest BCUT2D eigenvalue weighted by molar-refractivity contribution is -0.113. The van der Waals surface area contributed by atoms with Gasteiger partial charge in [-0.3, -0.25) is 15.5 Å². The number of carbonyl (C=O) groups excluding carboxylic acids is 1. The molecule has 0 atom stereocenters. The Kier molecular flexibility index (Phi) is 2.42. The van der Waals surface area contributed by atoms with Crippen molar-refractivity contribution in [2.75, 3.05) is 0 Å². The molecule has 0 heterocycles. The second-order valence-electron chi connectivity index (χ2n) is 1.11. The second kappa shape index (κ2) is 2.86. The first-order valence-electron chi connectivity index (χ1n) is 1.83. The van der Waals surface area contributed by atoms with Gasteiger partial charge >= 0.3 is 0 Å². The van der Waals surface area contributed by atoms with Crippen molar-refractivity contribution in [3.63, 3.8) is 0 Å². The van der Waals surface area contributed by atoms with Crippen LogP contribution in [0.5, 0.6) is 0 Å². The van der Waals surface area contributed by atoms with Gasteiger partial charge in [0.05, 0.1) is 0 Å². The zero-order valence-corrected chi connectivity index (χ0v) is 4.09. The minimum absolute atomic E-state index is 0.169. The Morgan fingerprint density at radius 3 is 2.25 bits per heavy atom. The zero-order valence-electron chi connectivity index (χ0n) is 4.09. The van der Waals surface area contributed by atoms with Crippen molar-refractivity contribution in [1.29, 1.82) is 0 Å². The Bertz CT molecular complexity index is 120. The number of hydroxylamine groups is 1. The molecule has 5 nitrogen and oxygen atoms in total. The lowest BCUT2D eigenvalue weighted by atomic mass is 10.5. The number of primary amides is 1. The summed E-state index contributed by atoms with van der Waals surface area (Å²) in [5.74, 6) is -0.874. The van der Waals surface area contributed by atoms with E-state index in [0.717, 1.165) is 6.08 Å². The predicted octanol–water partition coefficient (Wildman–Crippen LogP) is -1.75. The molecule has 0 radical (unpaired) electrons. The Hall–Kier alpha value is -1.23. The third-order valence-corrected chi connectivity index (χ3v) is 0.427. The van der Waals surface area contributed by atoms with Gasteiger partial charge in [0.15, 0.2) is 0 Å². The van der Waals surface area contributed by atoms with Crippen LogP contribution in [0.15, 0.2) is 11.9 Å². The van der Waals surface area contributed by atoms with E-state index in [-0.39, 0.29) is 5.82 Å². The molecule has 0 aromatic rings. The van der Waals surface area contributed by atoms with Crippen LogP contribution in [0.4, 0.5) is 0 Å². The molecule has 0 aromatic heterocycles. The number of hydrogen-bond acceptors (Lipinski definition) is 4. The Balaban J connectivity index is 3.75. The van der Waals surface area contributed by atoms with Crippen molar-refractivity contribution in [3.8, 4) is 0 Å². The SMILES string of the molecule is NC(=O)/C=C(/N)NO. The molecular formula is C3H7N3O2. The highest BCUT2D eigenvalue weighted by atomic mass is 16.5. The molecule has 0 spiro atoms. The number of nitrogens with two attached hydrogens (primary N) is 2. The highest BCUT2D eigenvalue weighted by Gasteiger charge is 1.86. The van der Waals surface area contributed by atoms with E-state index in [4.69, 9.17) is 10.9 Å². The minimum Gasteiger partial charge on any atom is -0.384 e. The Labute approximate surface area is 45.9 Å². The average Bonchev–Trinajstić information content (AvgIpc) is 1.65. The van der Waals surface area contributed by atoms with Crippen molar-refractivity contribution in [2.24, 2.45) is 11.5 Å². The smallest absolute Gasteiger partial charge is 0.245 e. The summed E-state index contributed by atoms with van der Waals surface area (Å²) in [6, 6.07) is 0. The molecule has 0 aromatic carbocycles. The van der Waals surface area contributed by atoms with Crippen molar-refractivity contribution in [2.45, 2.75) is 0 Å². The molecule has 0 bridgehead atoms. The highest BCUT2D eigenvalue weighted by Crippen LogP contribution is 1.69. The summed E-state index contributed by atoms with van der Waals surface area (Å²) in [5.41, 5.74) is 11.0. The molecule has 0 fully saturated rings. The fraction of sp³-hybridized carbons (Fsp3) is 0. The van der Waals surface area contributed by atoms with Gasteiger partial charge in [-0.1, -0.05) is 0 Å². The van der Waals surface area contributed by atoms with Crippen molar-refractivity contribution < 1.29 is 10.0 Å². The monoisotopic (exact) mass is 117 g/mol. The molecule has 0 saturated carbocycles. The number of amides is 1. The average molecular weight is 117 g/mol. The third kappa shape index (κ3) is 2.98. The number of hydrogen-bond donors (Lipinski definition) is 4. The van der Waals surface area contributed by atoms with Gasteiger partial charge in [0, 0.05) is 6.08 Å². The van der Waals surface area contributed by atoms with Gasteiger partial charge in [0.2, 0.25) is 5.91 Å². The molecule has 0 rings (SSSR count). The van der Waals surface area contributed by atoms with Crippen LogP contribution in [0.3, 0.4) is 0 Å². The minimum atomic E-state index is -0.705. The van der Waals surface area contributed by atoms with Gasteiger partial charge in [-0.25, -0.2) is 0 Å². The fourth-order valence-corrected chi connectivity index (χ4v) is 0.186. The van der Waals surface area contributed by atoms with Gasteiger partial charge in [-0.2, -0.15) is 0 Å². The maximum Gasteiger partial charge on any atom is 0.245 e. The first-order valence-corrected chi connectivity index (χ1v) is 1.83. The maximum atomic E-state index is 9.88. The third-order valence-electron chi connectivity index (χ3n) is 0.427. The highest BCUT2D eigenvalue weighted by molar-refractivity contribution is 5.86. The Morgan fingerprint density at radius 2 is 2.12 bits per heavy atom. The van der Waals surface area contributed by atoms with Crippen LogP contribution in [0.1, 0.15) is 0 Å². The van der Waals surface area contributed by atoms with Crippen LogP contribution in [-0.2, 0) is 4.79 Å². The summed E-state index contributed by atoms with van der Waals surface area (Å²) < 4.78 is 0. The molecule has 0 aliphatic carbocycles. The van der Waals surface area contributed by atoms with Gasteiger partial charge in [-0.15, -0.1) is 0 Å².